The van der Waals surface area contributed by atoms with Crippen molar-refractivity contribution in [2.45, 2.75) is 105 Å². The number of nitrogens with one attached hydrogen (secondary N) is 1. The molecule has 176 valence electrons. The van der Waals surface area contributed by atoms with E-state index in [0.717, 1.165) is 12.1 Å². The van der Waals surface area contributed by atoms with Gasteiger partial charge in [-0.1, -0.05) is 32.9 Å². The fraction of sp³-hybridized carbons (Fsp3) is 0.826. The number of hydrogen-bond donors (Lipinski definition) is 1. The third-order valence-corrected chi connectivity index (χ3v) is 4.82. The van der Waals surface area contributed by atoms with E-state index >= 15 is 0 Å². The molecule has 0 spiro atoms. The van der Waals surface area contributed by atoms with E-state index in [4.69, 9.17) is 4.74 Å². The first kappa shape index (κ1) is 34.0. The molecule has 1 N–H and O–H groups in total. The predicted molar refractivity (Wildman–Crippen MR) is 123 cm³/mol. The SMILES string of the molecule is CC.CNC(C)(C)CCOC(C)(C)Cc1cn(C(C)(C)CC(C)(C)[C-]=O)nn1.[CH3-].[W+2]. The molecule has 0 atom stereocenters. The van der Waals surface area contributed by atoms with Crippen LogP contribution in [0.15, 0.2) is 6.20 Å². The first-order chi connectivity index (χ1) is 12.7. The molecule has 6 nitrogen and oxygen atoms in total. The van der Waals surface area contributed by atoms with Crippen molar-refractivity contribution in [2.24, 2.45) is 5.41 Å². The molecule has 0 amide bonds. The Bertz CT molecular complexity index is 596. The third-order valence-electron chi connectivity index (χ3n) is 4.82. The van der Waals surface area contributed by atoms with Gasteiger partial charge in [0.15, 0.2) is 0 Å². The predicted octanol–water partition coefficient (Wildman–Crippen LogP) is 4.74. The summed E-state index contributed by atoms with van der Waals surface area (Å²) in [6.07, 6.45) is 6.34. The molecule has 0 aromatic carbocycles. The number of hydrogen-bond acceptors (Lipinski definition) is 5. The van der Waals surface area contributed by atoms with Crippen LogP contribution in [0.3, 0.4) is 0 Å². The summed E-state index contributed by atoms with van der Waals surface area (Å²) in [6.45, 7) is 21.1. The van der Waals surface area contributed by atoms with Crippen molar-refractivity contribution >= 4 is 6.29 Å². The Balaban J connectivity index is -0.00000176. The molecule has 0 aliphatic heterocycles. The second-order valence-electron chi connectivity index (χ2n) is 9.80. The van der Waals surface area contributed by atoms with E-state index in [1.807, 2.05) is 45.6 Å². The van der Waals surface area contributed by atoms with Crippen molar-refractivity contribution < 1.29 is 30.6 Å². The Kier molecular flexibility index (Phi) is 15.6. The van der Waals surface area contributed by atoms with Crippen LogP contribution >= 0.6 is 0 Å². The molecule has 0 aliphatic carbocycles. The molecule has 0 saturated carbocycles. The zero-order valence-corrected chi connectivity index (χ0v) is 24.4. The van der Waals surface area contributed by atoms with Crippen LogP contribution in [0.1, 0.15) is 87.8 Å². The molecule has 1 heterocycles. The normalized spacial score (nSPS) is 12.2. The van der Waals surface area contributed by atoms with E-state index in [0.29, 0.717) is 19.4 Å². The molecular weight excluding hydrogens is 548 g/mol. The van der Waals surface area contributed by atoms with Crippen LogP contribution in [0, 0.1) is 12.8 Å². The summed E-state index contributed by atoms with van der Waals surface area (Å²) in [6, 6.07) is 0. The summed E-state index contributed by atoms with van der Waals surface area (Å²) >= 11 is 0. The Morgan fingerprint density at radius 1 is 1.10 bits per heavy atom. The van der Waals surface area contributed by atoms with Crippen LogP contribution in [0.25, 0.3) is 0 Å². The van der Waals surface area contributed by atoms with Gasteiger partial charge < -0.3 is 22.3 Å². The van der Waals surface area contributed by atoms with Crippen LogP contribution in [-0.2, 0) is 42.6 Å². The van der Waals surface area contributed by atoms with Gasteiger partial charge in [0, 0.05) is 24.8 Å². The number of ether oxygens (including phenoxy) is 1. The summed E-state index contributed by atoms with van der Waals surface area (Å²) in [7, 11) is 1.97. The minimum Gasteiger partial charge on any atom is -0.541 e. The van der Waals surface area contributed by atoms with Gasteiger partial charge in [0.05, 0.1) is 16.8 Å². The fourth-order valence-corrected chi connectivity index (χ4v) is 3.07. The molecule has 1 aromatic heterocycles. The second kappa shape index (κ2) is 13.7. The van der Waals surface area contributed by atoms with E-state index in [1.54, 1.807) is 0 Å². The van der Waals surface area contributed by atoms with Crippen molar-refractivity contribution in [1.82, 2.24) is 20.3 Å². The zero-order valence-electron chi connectivity index (χ0n) is 21.5. The number of nitrogens with zero attached hydrogens (tertiary/aromatic N) is 3. The Labute approximate surface area is 200 Å². The molecule has 0 aliphatic rings. The van der Waals surface area contributed by atoms with Gasteiger partial charge in [0.25, 0.3) is 0 Å². The van der Waals surface area contributed by atoms with Gasteiger partial charge in [0.1, 0.15) is 0 Å². The summed E-state index contributed by atoms with van der Waals surface area (Å²) in [5.41, 5.74) is -0.189. The maximum absolute atomic E-state index is 11.1. The molecule has 1 aromatic rings. The molecule has 0 unspecified atom stereocenters. The zero-order chi connectivity index (χ0) is 22.2. The number of rotatable bonds is 11. The standard InChI is InChI=1S/C20H37N4O2.C2H6.CH3.W/c1-17(2,15-25)14-19(5,6)24-13-16(22-23-24)12-20(7,8)26-11-10-18(3,4)21-9;1-2;;/h13,21H,10-12,14H2,1-9H3;1-2H3;1H3;/q-1;;-1;+2. The topological polar surface area (TPSA) is 69.0 Å². The molecule has 7 heteroatoms. The fourth-order valence-electron chi connectivity index (χ4n) is 3.07. The van der Waals surface area contributed by atoms with Gasteiger partial charge in [-0.15, -0.1) is 10.5 Å². The van der Waals surface area contributed by atoms with E-state index < -0.39 is 5.41 Å². The summed E-state index contributed by atoms with van der Waals surface area (Å²) in [4.78, 5) is 11.1. The minimum atomic E-state index is -0.516. The smallest absolute Gasteiger partial charge is 0.541 e. The Hall–Kier alpha value is -0.582. The average molecular weight is 594 g/mol. The minimum absolute atomic E-state index is 0. The van der Waals surface area contributed by atoms with Crippen LogP contribution in [0.5, 0.6) is 0 Å². The van der Waals surface area contributed by atoms with Crippen molar-refractivity contribution in [3.8, 4) is 0 Å². The molecular formula is C23H46N4O2W. The van der Waals surface area contributed by atoms with Crippen molar-refractivity contribution in [3.05, 3.63) is 19.3 Å². The van der Waals surface area contributed by atoms with Crippen LogP contribution < -0.4 is 5.32 Å². The molecule has 0 saturated heterocycles. The van der Waals surface area contributed by atoms with Gasteiger partial charge >= 0.3 is 21.1 Å². The van der Waals surface area contributed by atoms with Gasteiger partial charge in [0.2, 0.25) is 0 Å². The average Bonchev–Trinajstić information content (AvgIpc) is 3.04. The largest absolute Gasteiger partial charge is 2.00 e. The maximum Gasteiger partial charge on any atom is 2.00 e. The third kappa shape index (κ3) is 12.3. The monoisotopic (exact) mass is 594 g/mol. The van der Waals surface area contributed by atoms with Crippen molar-refractivity contribution in [1.29, 1.82) is 0 Å². The molecule has 0 bridgehead atoms. The number of aromatic nitrogens is 3. The van der Waals surface area contributed by atoms with Gasteiger partial charge in [-0.3, -0.25) is 6.29 Å². The first-order valence-corrected chi connectivity index (χ1v) is 10.4. The molecule has 0 radical (unpaired) electrons. The van der Waals surface area contributed by atoms with E-state index in [9.17, 15) is 4.79 Å². The summed E-state index contributed by atoms with van der Waals surface area (Å²) < 4.78 is 7.94. The maximum atomic E-state index is 11.1. The summed E-state index contributed by atoms with van der Waals surface area (Å²) in [5.74, 6) is 0. The van der Waals surface area contributed by atoms with E-state index in [1.165, 1.54) is 0 Å². The molecule has 30 heavy (non-hydrogen) atoms. The second-order valence-corrected chi connectivity index (χ2v) is 9.80. The van der Waals surface area contributed by atoms with E-state index in [-0.39, 0.29) is 45.2 Å². The Morgan fingerprint density at radius 3 is 2.10 bits per heavy atom. The Morgan fingerprint density at radius 2 is 1.63 bits per heavy atom. The van der Waals surface area contributed by atoms with E-state index in [2.05, 4.69) is 63.5 Å². The quantitative estimate of drug-likeness (QED) is 0.375. The molecule has 0 fully saturated rings. The first-order valence-electron chi connectivity index (χ1n) is 10.4. The van der Waals surface area contributed by atoms with Gasteiger partial charge in [-0.2, -0.15) is 0 Å². The van der Waals surface area contributed by atoms with Gasteiger partial charge in [-0.25, -0.2) is 4.68 Å². The molecule has 1 rings (SSSR count). The van der Waals surface area contributed by atoms with Crippen molar-refractivity contribution in [3.63, 3.8) is 0 Å². The van der Waals surface area contributed by atoms with Crippen LogP contribution in [0.4, 0.5) is 0 Å². The van der Waals surface area contributed by atoms with Gasteiger partial charge in [-0.05, 0) is 61.4 Å². The summed E-state index contributed by atoms with van der Waals surface area (Å²) in [5, 5.41) is 11.9. The number of carbonyl (C=O) groups excluding carboxylic acids is 1. The van der Waals surface area contributed by atoms with Crippen LogP contribution in [0.2, 0.25) is 0 Å². The van der Waals surface area contributed by atoms with Crippen LogP contribution in [-0.4, -0.2) is 46.1 Å². The van der Waals surface area contributed by atoms with Crippen molar-refractivity contribution in [2.75, 3.05) is 13.7 Å².